The van der Waals surface area contributed by atoms with E-state index in [1.165, 1.54) is 21.6 Å². The molecular formula is C34H40ClN7O2S. The number of imide groups is 1. The van der Waals surface area contributed by atoms with Crippen LogP contribution in [0.25, 0.3) is 21.3 Å². The van der Waals surface area contributed by atoms with Crippen LogP contribution < -0.4 is 5.73 Å². The van der Waals surface area contributed by atoms with Crippen molar-refractivity contribution in [3.8, 4) is 11.1 Å². The molecule has 7 rings (SSSR count). The molecule has 2 aliphatic heterocycles. The number of aryl methyl sites for hydroxylation is 2. The van der Waals surface area contributed by atoms with E-state index in [0.29, 0.717) is 30.2 Å². The molecule has 2 N–H and O–H groups in total. The minimum absolute atomic E-state index is 0.0238. The predicted molar refractivity (Wildman–Crippen MR) is 178 cm³/mol. The van der Waals surface area contributed by atoms with Crippen molar-refractivity contribution in [1.29, 1.82) is 0 Å². The van der Waals surface area contributed by atoms with Crippen LogP contribution in [0.5, 0.6) is 0 Å². The Morgan fingerprint density at radius 2 is 1.78 bits per heavy atom. The van der Waals surface area contributed by atoms with Crippen LogP contribution in [0.2, 0.25) is 5.02 Å². The minimum atomic E-state index is -0.0883. The van der Waals surface area contributed by atoms with E-state index in [0.717, 1.165) is 71.8 Å². The van der Waals surface area contributed by atoms with Crippen molar-refractivity contribution < 1.29 is 9.59 Å². The van der Waals surface area contributed by atoms with Gasteiger partial charge in [-0.2, -0.15) is 5.10 Å². The lowest BCUT2D eigenvalue weighted by Crippen LogP contribution is -2.55. The molecule has 1 aliphatic carbocycles. The first kappa shape index (κ1) is 30.5. The first-order valence-electron chi connectivity index (χ1n) is 15.9. The maximum atomic E-state index is 12.6. The van der Waals surface area contributed by atoms with E-state index in [1.807, 2.05) is 23.1 Å². The molecule has 3 fully saturated rings. The number of amides is 2. The molecule has 11 heteroatoms. The highest BCUT2D eigenvalue weighted by atomic mass is 35.5. The number of halogens is 1. The van der Waals surface area contributed by atoms with E-state index in [9.17, 15) is 9.59 Å². The molecule has 0 spiro atoms. The van der Waals surface area contributed by atoms with Gasteiger partial charge in [0, 0.05) is 78.2 Å². The molecule has 45 heavy (non-hydrogen) atoms. The second-order valence-corrected chi connectivity index (χ2v) is 14.6. The zero-order chi connectivity index (χ0) is 31.4. The Morgan fingerprint density at radius 3 is 2.51 bits per heavy atom. The molecule has 2 saturated heterocycles. The third-order valence-corrected chi connectivity index (χ3v) is 11.0. The van der Waals surface area contributed by atoms with Crippen molar-refractivity contribution in [1.82, 2.24) is 29.5 Å². The van der Waals surface area contributed by atoms with Gasteiger partial charge in [-0.3, -0.25) is 34.0 Å². The summed E-state index contributed by atoms with van der Waals surface area (Å²) >= 11 is 8.31. The number of hydrogen-bond donors (Lipinski definition) is 1. The first-order valence-corrected chi connectivity index (χ1v) is 17.1. The summed E-state index contributed by atoms with van der Waals surface area (Å²) < 4.78 is 3.05. The number of rotatable bonds is 10. The number of piperazine rings is 1. The monoisotopic (exact) mass is 645 g/mol. The summed E-state index contributed by atoms with van der Waals surface area (Å²) in [5.41, 5.74) is 12.4. The van der Waals surface area contributed by atoms with Gasteiger partial charge in [-0.25, -0.2) is 0 Å². The Morgan fingerprint density at radius 1 is 1.02 bits per heavy atom. The molecule has 1 aromatic carbocycles. The van der Waals surface area contributed by atoms with Crippen LogP contribution in [-0.2, 0) is 35.8 Å². The van der Waals surface area contributed by atoms with Crippen LogP contribution in [0, 0.1) is 18.8 Å². The van der Waals surface area contributed by atoms with Crippen molar-refractivity contribution in [3.05, 3.63) is 69.4 Å². The van der Waals surface area contributed by atoms with Crippen molar-refractivity contribution in [2.24, 2.45) is 17.6 Å². The van der Waals surface area contributed by atoms with Gasteiger partial charge in [0.2, 0.25) is 11.8 Å². The van der Waals surface area contributed by atoms with E-state index < -0.39 is 0 Å². The average Bonchev–Trinajstić information content (AvgIpc) is 3.40. The number of carbonyl (C=O) groups excluding carboxylic acids is 2. The van der Waals surface area contributed by atoms with Gasteiger partial charge in [0.1, 0.15) is 0 Å². The molecule has 4 aromatic rings. The van der Waals surface area contributed by atoms with Crippen molar-refractivity contribution in [3.63, 3.8) is 0 Å². The molecule has 0 radical (unpaired) electrons. The molecule has 3 aliphatic rings. The Labute approximate surface area is 272 Å². The summed E-state index contributed by atoms with van der Waals surface area (Å²) in [6.45, 7) is 12.3. The highest BCUT2D eigenvalue weighted by molar-refractivity contribution is 7.19. The van der Waals surface area contributed by atoms with Crippen molar-refractivity contribution in [2.45, 2.75) is 71.9 Å². The standard InChI is InChI=1S/C34H40ClN7O2S/c1-20-9-24(35)10-27(26-5-7-37-31-11-25(45-32(26)31)18-42-33(43)28-12-29(28)34(42)44)30(20)19-41-21(2)14-39(15-22(41)3)16-23-13-38-40(17-23)8-4-6-36/h5,7,9-11,13,17,21-22,28-29H,4,6,8,12,14-16,18-19,36H2,1-3H3/t21-,22-,28?,29?/m0/s1. The number of thiophene rings is 1. The van der Waals surface area contributed by atoms with Crippen molar-refractivity contribution >= 4 is 45.0 Å². The zero-order valence-electron chi connectivity index (χ0n) is 26.1. The van der Waals surface area contributed by atoms with E-state index in [1.54, 1.807) is 11.3 Å². The average molecular weight is 646 g/mol. The number of nitrogens with zero attached hydrogens (tertiary/aromatic N) is 6. The SMILES string of the molecule is Cc1cc(Cl)cc(-c2ccnc3cc(CN4C(=O)C5CC5C4=O)sc23)c1CN1[C@@H](C)CN(Cc2cnn(CCCN)c2)C[C@@H]1C. The summed E-state index contributed by atoms with van der Waals surface area (Å²) in [5.74, 6) is -0.224. The van der Waals surface area contributed by atoms with Crippen LogP contribution in [0.4, 0.5) is 0 Å². The Balaban J connectivity index is 1.12. The lowest BCUT2D eigenvalue weighted by Gasteiger charge is -2.45. The molecule has 5 heterocycles. The van der Waals surface area contributed by atoms with E-state index in [4.69, 9.17) is 17.3 Å². The number of fused-ring (bicyclic) bond motifs is 2. The number of likely N-dealkylation sites (tertiary alicyclic amines) is 1. The summed E-state index contributed by atoms with van der Waals surface area (Å²) in [5, 5.41) is 5.23. The van der Waals surface area contributed by atoms with Crippen LogP contribution in [0.1, 0.15) is 48.3 Å². The van der Waals surface area contributed by atoms with Gasteiger partial charge in [0.15, 0.2) is 0 Å². The molecule has 0 bridgehead atoms. The van der Waals surface area contributed by atoms with Gasteiger partial charge in [0.25, 0.3) is 0 Å². The Kier molecular flexibility index (Phi) is 8.29. The molecule has 3 aromatic heterocycles. The number of benzene rings is 1. The lowest BCUT2D eigenvalue weighted by molar-refractivity contribution is -0.141. The van der Waals surface area contributed by atoms with Crippen molar-refractivity contribution in [2.75, 3.05) is 19.6 Å². The number of hydrogen-bond acceptors (Lipinski definition) is 8. The topological polar surface area (TPSA) is 101 Å². The fraction of sp³-hybridized carbons (Fsp3) is 0.471. The van der Waals surface area contributed by atoms with E-state index in [-0.39, 0.29) is 23.7 Å². The lowest BCUT2D eigenvalue weighted by atomic mass is 9.94. The number of aromatic nitrogens is 3. The second-order valence-electron chi connectivity index (χ2n) is 13.1. The normalized spacial score (nSPS) is 23.8. The largest absolute Gasteiger partial charge is 0.330 e. The van der Waals surface area contributed by atoms with Gasteiger partial charge >= 0.3 is 0 Å². The molecular weight excluding hydrogens is 606 g/mol. The molecule has 9 nitrogen and oxygen atoms in total. The van der Waals surface area contributed by atoms with Crippen LogP contribution in [0.15, 0.2) is 42.9 Å². The van der Waals surface area contributed by atoms with Gasteiger partial charge < -0.3 is 5.73 Å². The van der Waals surface area contributed by atoms with Gasteiger partial charge in [-0.15, -0.1) is 11.3 Å². The third kappa shape index (κ3) is 5.94. The van der Waals surface area contributed by atoms with E-state index >= 15 is 0 Å². The van der Waals surface area contributed by atoms with Crippen LogP contribution in [0.3, 0.4) is 0 Å². The summed E-state index contributed by atoms with van der Waals surface area (Å²) in [7, 11) is 0. The number of nitrogens with two attached hydrogens (primary N) is 1. The Hall–Kier alpha value is -3.15. The summed E-state index contributed by atoms with van der Waals surface area (Å²) in [6.07, 6.45) is 7.63. The number of carbonyl (C=O) groups is 2. The molecule has 2 unspecified atom stereocenters. The van der Waals surface area contributed by atoms with Gasteiger partial charge in [-0.1, -0.05) is 11.6 Å². The highest BCUT2D eigenvalue weighted by Crippen LogP contribution is 2.48. The number of piperidine rings is 1. The maximum Gasteiger partial charge on any atom is 0.233 e. The molecule has 2 amide bonds. The summed E-state index contributed by atoms with van der Waals surface area (Å²) in [6, 6.07) is 8.94. The first-order chi connectivity index (χ1) is 21.7. The third-order valence-electron chi connectivity index (χ3n) is 9.66. The molecule has 236 valence electrons. The molecule has 1 saturated carbocycles. The fourth-order valence-electron chi connectivity index (χ4n) is 7.27. The smallest absolute Gasteiger partial charge is 0.233 e. The van der Waals surface area contributed by atoms with Crippen LogP contribution in [-0.4, -0.2) is 73.0 Å². The zero-order valence-corrected chi connectivity index (χ0v) is 27.7. The quantitative estimate of drug-likeness (QED) is 0.240. The fourth-order valence-corrected chi connectivity index (χ4v) is 8.68. The van der Waals surface area contributed by atoms with Crippen LogP contribution >= 0.6 is 22.9 Å². The number of pyridine rings is 1. The highest BCUT2D eigenvalue weighted by Gasteiger charge is 2.58. The molecule has 4 atom stereocenters. The Bertz CT molecular complexity index is 1740. The van der Waals surface area contributed by atoms with Gasteiger partial charge in [-0.05, 0) is 81.1 Å². The van der Waals surface area contributed by atoms with E-state index in [2.05, 4.69) is 65.0 Å². The maximum absolute atomic E-state index is 12.6. The second kappa shape index (κ2) is 12.2. The summed E-state index contributed by atoms with van der Waals surface area (Å²) in [4.78, 5) is 37.5. The minimum Gasteiger partial charge on any atom is -0.330 e. The predicted octanol–water partition coefficient (Wildman–Crippen LogP) is 5.07. The van der Waals surface area contributed by atoms with Gasteiger partial charge in [0.05, 0.1) is 34.8 Å².